The molecule has 0 bridgehead atoms. The van der Waals surface area contributed by atoms with Gasteiger partial charge in [-0.2, -0.15) is 0 Å². The molecule has 1 rings (SSSR count). The van der Waals surface area contributed by atoms with E-state index >= 15 is 0 Å². The van der Waals surface area contributed by atoms with Gasteiger partial charge in [0, 0.05) is 18.0 Å². The van der Waals surface area contributed by atoms with Crippen molar-refractivity contribution in [1.82, 2.24) is 0 Å². The van der Waals surface area contributed by atoms with Crippen LogP contribution in [0.5, 0.6) is 0 Å². The van der Waals surface area contributed by atoms with Crippen LogP contribution in [-0.4, -0.2) is 16.9 Å². The monoisotopic (exact) mass is 279 g/mol. The number of carbonyl (C=O) groups is 1. The highest BCUT2D eigenvalue weighted by molar-refractivity contribution is 5.94. The zero-order chi connectivity index (χ0) is 15.1. The number of benzene rings is 1. The van der Waals surface area contributed by atoms with Crippen molar-refractivity contribution in [2.75, 3.05) is 5.32 Å². The number of nitrogens with one attached hydrogen (secondary N) is 1. The molecule has 0 saturated carbocycles. The first kappa shape index (κ1) is 16.1. The number of nitrogens with zero attached hydrogens (tertiary/aromatic N) is 1. The van der Waals surface area contributed by atoms with Crippen molar-refractivity contribution in [3.8, 4) is 0 Å². The molecule has 1 aromatic carbocycles. The van der Waals surface area contributed by atoms with Gasteiger partial charge in [-0.15, -0.1) is 0 Å². The zero-order valence-electron chi connectivity index (χ0n) is 11.8. The third-order valence-electron chi connectivity index (χ3n) is 3.10. The van der Waals surface area contributed by atoms with Crippen LogP contribution in [0.3, 0.4) is 0 Å². The first-order valence-corrected chi connectivity index (χ1v) is 6.71. The normalized spacial score (nSPS) is 13.6. The fourth-order valence-corrected chi connectivity index (χ4v) is 1.87. The summed E-state index contributed by atoms with van der Waals surface area (Å²) in [7, 11) is 0. The molecule has 1 aromatic rings. The van der Waals surface area contributed by atoms with Crippen molar-refractivity contribution >= 4 is 17.3 Å². The highest BCUT2D eigenvalue weighted by Crippen LogP contribution is 2.24. The Kier molecular flexibility index (Phi) is 6.11. The minimum Gasteiger partial charge on any atom is -0.328 e. The standard InChI is InChI=1S/C14H21N3O3/c1-10(6-5-7-11(2)15)14(18)16-12-8-3-4-9-13(12)17(19)20/h3-4,8-11H,5-7,15H2,1-2H3,(H,16,18). The molecule has 6 nitrogen and oxygen atoms in total. The van der Waals surface area contributed by atoms with Gasteiger partial charge in [-0.25, -0.2) is 0 Å². The highest BCUT2D eigenvalue weighted by atomic mass is 16.6. The van der Waals surface area contributed by atoms with Crippen LogP contribution in [0.25, 0.3) is 0 Å². The Balaban J connectivity index is 2.59. The molecular formula is C14H21N3O3. The summed E-state index contributed by atoms with van der Waals surface area (Å²) in [6.07, 6.45) is 2.44. The van der Waals surface area contributed by atoms with E-state index in [1.165, 1.54) is 12.1 Å². The van der Waals surface area contributed by atoms with Crippen LogP contribution in [0.4, 0.5) is 11.4 Å². The first-order chi connectivity index (χ1) is 9.41. The fraction of sp³-hybridized carbons (Fsp3) is 0.500. The van der Waals surface area contributed by atoms with Crippen molar-refractivity contribution in [1.29, 1.82) is 0 Å². The number of nitro benzene ring substituents is 1. The van der Waals surface area contributed by atoms with Gasteiger partial charge >= 0.3 is 0 Å². The van der Waals surface area contributed by atoms with Gasteiger partial charge < -0.3 is 11.1 Å². The third-order valence-corrected chi connectivity index (χ3v) is 3.10. The molecule has 0 heterocycles. The molecule has 0 aliphatic heterocycles. The van der Waals surface area contributed by atoms with Gasteiger partial charge in [0.05, 0.1) is 4.92 Å². The van der Waals surface area contributed by atoms with Crippen LogP contribution < -0.4 is 11.1 Å². The Morgan fingerprint density at radius 1 is 1.35 bits per heavy atom. The van der Waals surface area contributed by atoms with Crippen LogP contribution >= 0.6 is 0 Å². The molecule has 110 valence electrons. The molecule has 20 heavy (non-hydrogen) atoms. The predicted octanol–water partition coefficient (Wildman–Crippen LogP) is 2.69. The third kappa shape index (κ3) is 4.97. The maximum atomic E-state index is 12.0. The smallest absolute Gasteiger partial charge is 0.292 e. The molecule has 2 unspecified atom stereocenters. The summed E-state index contributed by atoms with van der Waals surface area (Å²) in [5.41, 5.74) is 5.80. The molecule has 3 N–H and O–H groups in total. The summed E-state index contributed by atoms with van der Waals surface area (Å²) in [5, 5.41) is 13.5. The molecule has 0 aliphatic carbocycles. The average Bonchev–Trinajstić information content (AvgIpc) is 2.38. The van der Waals surface area contributed by atoms with Crippen LogP contribution in [0, 0.1) is 16.0 Å². The number of carbonyl (C=O) groups excluding carboxylic acids is 1. The minimum atomic E-state index is -0.504. The second-order valence-corrected chi connectivity index (χ2v) is 5.07. The van der Waals surface area contributed by atoms with E-state index in [0.29, 0.717) is 6.42 Å². The van der Waals surface area contributed by atoms with Gasteiger partial charge in [0.15, 0.2) is 0 Å². The summed E-state index contributed by atoms with van der Waals surface area (Å²) < 4.78 is 0. The van der Waals surface area contributed by atoms with Gasteiger partial charge in [-0.05, 0) is 25.8 Å². The van der Waals surface area contributed by atoms with E-state index in [1.807, 2.05) is 13.8 Å². The number of amides is 1. The lowest BCUT2D eigenvalue weighted by molar-refractivity contribution is -0.383. The summed E-state index contributed by atoms with van der Waals surface area (Å²) in [4.78, 5) is 22.4. The molecule has 2 atom stereocenters. The van der Waals surface area contributed by atoms with Crippen molar-refractivity contribution in [2.45, 2.75) is 39.2 Å². The van der Waals surface area contributed by atoms with E-state index in [0.717, 1.165) is 12.8 Å². The summed E-state index contributed by atoms with van der Waals surface area (Å²) in [6, 6.07) is 6.25. The van der Waals surface area contributed by atoms with Crippen LogP contribution in [-0.2, 0) is 4.79 Å². The van der Waals surface area contributed by atoms with Crippen molar-refractivity contribution in [3.63, 3.8) is 0 Å². The average molecular weight is 279 g/mol. The maximum absolute atomic E-state index is 12.0. The summed E-state index contributed by atoms with van der Waals surface area (Å²) in [5.74, 6) is -0.405. The zero-order valence-corrected chi connectivity index (χ0v) is 11.8. The first-order valence-electron chi connectivity index (χ1n) is 6.71. The summed E-state index contributed by atoms with van der Waals surface area (Å²) >= 11 is 0. The van der Waals surface area contributed by atoms with Gasteiger partial charge in [0.2, 0.25) is 5.91 Å². The van der Waals surface area contributed by atoms with E-state index in [2.05, 4.69) is 5.32 Å². The van der Waals surface area contributed by atoms with Crippen molar-refractivity contribution in [2.24, 2.45) is 11.7 Å². The summed E-state index contributed by atoms with van der Waals surface area (Å²) in [6.45, 7) is 3.74. The number of nitrogens with two attached hydrogens (primary N) is 1. The molecule has 1 amide bonds. The molecule has 0 spiro atoms. The molecule has 0 fully saturated rings. The van der Waals surface area contributed by atoms with Crippen LogP contribution in [0.15, 0.2) is 24.3 Å². The lowest BCUT2D eigenvalue weighted by Crippen LogP contribution is -2.22. The quantitative estimate of drug-likeness (QED) is 0.592. The molecule has 0 aliphatic rings. The van der Waals surface area contributed by atoms with Gasteiger partial charge in [-0.1, -0.05) is 25.5 Å². The van der Waals surface area contributed by atoms with E-state index in [9.17, 15) is 14.9 Å². The number of anilines is 1. The molecule has 0 aromatic heterocycles. The minimum absolute atomic E-state index is 0.0939. The van der Waals surface area contributed by atoms with E-state index < -0.39 is 4.92 Å². The predicted molar refractivity (Wildman–Crippen MR) is 78.4 cm³/mol. The lowest BCUT2D eigenvalue weighted by Gasteiger charge is -2.13. The van der Waals surface area contributed by atoms with E-state index in [-0.39, 0.29) is 29.2 Å². The van der Waals surface area contributed by atoms with E-state index in [4.69, 9.17) is 5.73 Å². The maximum Gasteiger partial charge on any atom is 0.292 e. The second kappa shape index (κ2) is 7.59. The lowest BCUT2D eigenvalue weighted by atomic mass is 10.0. The second-order valence-electron chi connectivity index (χ2n) is 5.07. The Labute approximate surface area is 118 Å². The molecule has 0 saturated heterocycles. The number of hydrogen-bond acceptors (Lipinski definition) is 4. The number of nitro groups is 1. The molecule has 6 heteroatoms. The van der Waals surface area contributed by atoms with Gasteiger partial charge in [0.25, 0.3) is 5.69 Å². The fourth-order valence-electron chi connectivity index (χ4n) is 1.87. The topological polar surface area (TPSA) is 98.3 Å². The molecular weight excluding hydrogens is 258 g/mol. The number of rotatable bonds is 7. The Morgan fingerprint density at radius 2 is 2.00 bits per heavy atom. The largest absolute Gasteiger partial charge is 0.328 e. The Morgan fingerprint density at radius 3 is 2.60 bits per heavy atom. The molecule has 0 radical (unpaired) electrons. The Bertz CT molecular complexity index is 474. The van der Waals surface area contributed by atoms with E-state index in [1.54, 1.807) is 12.1 Å². The SMILES string of the molecule is CC(N)CCCC(C)C(=O)Nc1ccccc1[N+](=O)[O-]. The highest BCUT2D eigenvalue weighted by Gasteiger charge is 2.18. The number of para-hydroxylation sites is 2. The van der Waals surface area contributed by atoms with Crippen molar-refractivity contribution < 1.29 is 9.72 Å². The van der Waals surface area contributed by atoms with Gasteiger partial charge in [0.1, 0.15) is 5.69 Å². The Hall–Kier alpha value is -1.95. The van der Waals surface area contributed by atoms with Crippen LogP contribution in [0.2, 0.25) is 0 Å². The van der Waals surface area contributed by atoms with Gasteiger partial charge in [-0.3, -0.25) is 14.9 Å². The number of hydrogen-bond donors (Lipinski definition) is 2. The van der Waals surface area contributed by atoms with Crippen molar-refractivity contribution in [3.05, 3.63) is 34.4 Å². The van der Waals surface area contributed by atoms with Crippen LogP contribution in [0.1, 0.15) is 33.1 Å².